The molecule has 0 saturated carbocycles. The van der Waals surface area contributed by atoms with Crippen molar-refractivity contribution in [3.8, 4) is 5.75 Å². The van der Waals surface area contributed by atoms with E-state index in [0.29, 0.717) is 10.0 Å². The lowest BCUT2D eigenvalue weighted by Crippen LogP contribution is -2.13. The van der Waals surface area contributed by atoms with Crippen molar-refractivity contribution in [3.63, 3.8) is 0 Å². The third-order valence-corrected chi connectivity index (χ3v) is 3.22. The lowest BCUT2D eigenvalue weighted by molar-refractivity contribution is 0.284. The van der Waals surface area contributed by atoms with Crippen molar-refractivity contribution >= 4 is 21.8 Å². The molecule has 0 aliphatic heterocycles. The minimum Gasteiger partial charge on any atom is -0.486 e. The summed E-state index contributed by atoms with van der Waals surface area (Å²) in [4.78, 5) is 0. The number of rotatable bonds is 4. The fourth-order valence-electron chi connectivity index (χ4n) is 1.64. The summed E-state index contributed by atoms with van der Waals surface area (Å²) in [5.41, 5.74) is 5.87. The number of ether oxygens (including phenoxy) is 1. The van der Waals surface area contributed by atoms with E-state index in [1.165, 1.54) is 18.2 Å². The van der Waals surface area contributed by atoms with Crippen molar-refractivity contribution in [2.75, 3.05) is 0 Å². The van der Waals surface area contributed by atoms with Crippen molar-refractivity contribution in [3.05, 3.63) is 63.6 Å². The van der Waals surface area contributed by atoms with E-state index in [4.69, 9.17) is 15.7 Å². The number of benzene rings is 2. The van der Waals surface area contributed by atoms with Gasteiger partial charge in [0, 0.05) is 15.6 Å². The van der Waals surface area contributed by atoms with Gasteiger partial charge in [0.2, 0.25) is 0 Å². The first-order valence-electron chi connectivity index (χ1n) is 5.85. The molecule has 0 aliphatic rings. The van der Waals surface area contributed by atoms with Crippen LogP contribution in [-0.2, 0) is 6.61 Å². The SMILES string of the molecule is N/C(=N/O)c1ccc(OCc2cc(Br)ccc2F)c(F)c1. The Kier molecular flexibility index (Phi) is 4.74. The molecule has 3 N–H and O–H groups in total. The van der Waals surface area contributed by atoms with Crippen LogP contribution >= 0.6 is 15.9 Å². The quantitative estimate of drug-likeness (QED) is 0.381. The lowest BCUT2D eigenvalue weighted by Gasteiger charge is -2.09. The maximum absolute atomic E-state index is 13.8. The van der Waals surface area contributed by atoms with Gasteiger partial charge in [-0.2, -0.15) is 0 Å². The van der Waals surface area contributed by atoms with Crippen molar-refractivity contribution < 1.29 is 18.7 Å². The van der Waals surface area contributed by atoms with Crippen LogP contribution in [0.3, 0.4) is 0 Å². The Morgan fingerprint density at radius 2 is 1.95 bits per heavy atom. The fraction of sp³-hybridized carbons (Fsp3) is 0.0714. The van der Waals surface area contributed by atoms with Gasteiger partial charge in [0.25, 0.3) is 0 Å². The number of hydrogen-bond acceptors (Lipinski definition) is 3. The number of amidine groups is 1. The fourth-order valence-corrected chi connectivity index (χ4v) is 2.05. The second kappa shape index (κ2) is 6.53. The average molecular weight is 357 g/mol. The monoisotopic (exact) mass is 356 g/mol. The van der Waals surface area contributed by atoms with Crippen LogP contribution in [0.4, 0.5) is 8.78 Å². The molecule has 0 amide bonds. The van der Waals surface area contributed by atoms with Crippen molar-refractivity contribution in [1.29, 1.82) is 0 Å². The summed E-state index contributed by atoms with van der Waals surface area (Å²) in [5.74, 6) is -1.39. The summed E-state index contributed by atoms with van der Waals surface area (Å²) in [7, 11) is 0. The molecule has 0 fully saturated rings. The number of halogens is 3. The van der Waals surface area contributed by atoms with Crippen LogP contribution in [0.5, 0.6) is 5.75 Å². The van der Waals surface area contributed by atoms with Crippen LogP contribution in [0.15, 0.2) is 46.0 Å². The molecule has 7 heteroatoms. The molecule has 2 aromatic rings. The number of oxime groups is 1. The van der Waals surface area contributed by atoms with E-state index in [-0.39, 0.29) is 23.8 Å². The maximum Gasteiger partial charge on any atom is 0.170 e. The minimum atomic E-state index is -0.686. The van der Waals surface area contributed by atoms with Crippen molar-refractivity contribution in [2.45, 2.75) is 6.61 Å². The summed E-state index contributed by atoms with van der Waals surface area (Å²) < 4.78 is 33.3. The largest absolute Gasteiger partial charge is 0.486 e. The first kappa shape index (κ1) is 15.2. The molecule has 4 nitrogen and oxygen atoms in total. The smallest absolute Gasteiger partial charge is 0.170 e. The molecule has 0 unspecified atom stereocenters. The van der Waals surface area contributed by atoms with E-state index in [1.807, 2.05) is 0 Å². The predicted molar refractivity (Wildman–Crippen MR) is 77.3 cm³/mol. The summed E-state index contributed by atoms with van der Waals surface area (Å²) in [6.45, 7) is -0.120. The Balaban J connectivity index is 2.15. The lowest BCUT2D eigenvalue weighted by atomic mass is 10.2. The van der Waals surface area contributed by atoms with Gasteiger partial charge in [-0.25, -0.2) is 8.78 Å². The molecule has 0 bridgehead atoms. The van der Waals surface area contributed by atoms with Crippen LogP contribution in [-0.4, -0.2) is 11.0 Å². The Bertz CT molecular complexity index is 693. The van der Waals surface area contributed by atoms with E-state index in [2.05, 4.69) is 21.1 Å². The first-order valence-corrected chi connectivity index (χ1v) is 6.64. The zero-order valence-electron chi connectivity index (χ0n) is 10.7. The normalized spacial score (nSPS) is 11.5. The second-order valence-corrected chi connectivity index (χ2v) is 5.07. The van der Waals surface area contributed by atoms with Gasteiger partial charge in [-0.1, -0.05) is 21.1 Å². The Morgan fingerprint density at radius 3 is 2.62 bits per heavy atom. The summed E-state index contributed by atoms with van der Waals surface area (Å²) in [6, 6.07) is 8.24. The molecule has 2 aromatic carbocycles. The van der Waals surface area contributed by atoms with Gasteiger partial charge in [0.1, 0.15) is 12.4 Å². The van der Waals surface area contributed by atoms with Gasteiger partial charge >= 0.3 is 0 Å². The molecular weight excluding hydrogens is 346 g/mol. The van der Waals surface area contributed by atoms with E-state index < -0.39 is 11.6 Å². The van der Waals surface area contributed by atoms with Crippen LogP contribution in [0.25, 0.3) is 0 Å². The molecule has 2 rings (SSSR count). The van der Waals surface area contributed by atoms with Crippen LogP contribution in [0.2, 0.25) is 0 Å². The van der Waals surface area contributed by atoms with Crippen LogP contribution < -0.4 is 10.5 Å². The van der Waals surface area contributed by atoms with Gasteiger partial charge in [0.05, 0.1) is 0 Å². The summed E-state index contributed by atoms with van der Waals surface area (Å²) in [5, 5.41) is 11.3. The van der Waals surface area contributed by atoms with Gasteiger partial charge in [-0.3, -0.25) is 0 Å². The predicted octanol–water partition coefficient (Wildman–Crippen LogP) is 3.40. The molecule has 0 aromatic heterocycles. The molecule has 21 heavy (non-hydrogen) atoms. The summed E-state index contributed by atoms with van der Waals surface area (Å²) in [6.07, 6.45) is 0. The van der Waals surface area contributed by atoms with Crippen molar-refractivity contribution in [2.24, 2.45) is 10.9 Å². The van der Waals surface area contributed by atoms with Gasteiger partial charge in [0.15, 0.2) is 17.4 Å². The third-order valence-electron chi connectivity index (χ3n) is 2.73. The second-order valence-electron chi connectivity index (χ2n) is 4.15. The Labute approximate surface area is 128 Å². The topological polar surface area (TPSA) is 67.8 Å². The van der Waals surface area contributed by atoms with E-state index in [9.17, 15) is 8.78 Å². The van der Waals surface area contributed by atoms with Gasteiger partial charge < -0.3 is 15.7 Å². The standard InChI is InChI=1S/C14H11BrF2N2O2/c15-10-2-3-11(16)9(5-10)7-21-13-4-1-8(6-12(13)17)14(18)19-20/h1-6,20H,7H2,(H2,18,19). The molecule has 0 spiro atoms. The van der Waals surface area contributed by atoms with E-state index >= 15 is 0 Å². The van der Waals surface area contributed by atoms with E-state index in [0.717, 1.165) is 6.07 Å². The maximum atomic E-state index is 13.8. The van der Waals surface area contributed by atoms with Gasteiger partial charge in [-0.05, 0) is 36.4 Å². The highest BCUT2D eigenvalue weighted by Crippen LogP contribution is 2.21. The first-order chi connectivity index (χ1) is 10.0. The van der Waals surface area contributed by atoms with Gasteiger partial charge in [-0.15, -0.1) is 0 Å². The molecule has 0 radical (unpaired) electrons. The molecule has 0 saturated heterocycles. The van der Waals surface area contributed by atoms with Crippen LogP contribution in [0, 0.1) is 11.6 Å². The van der Waals surface area contributed by atoms with Crippen LogP contribution in [0.1, 0.15) is 11.1 Å². The molecule has 0 atom stereocenters. The number of nitrogens with zero attached hydrogens (tertiary/aromatic N) is 1. The number of hydrogen-bond donors (Lipinski definition) is 2. The zero-order valence-corrected chi connectivity index (χ0v) is 12.3. The molecule has 0 aliphatic carbocycles. The molecule has 0 heterocycles. The Hall–Kier alpha value is -2.15. The third kappa shape index (κ3) is 3.69. The highest BCUT2D eigenvalue weighted by Gasteiger charge is 2.09. The summed E-state index contributed by atoms with van der Waals surface area (Å²) >= 11 is 3.22. The van der Waals surface area contributed by atoms with Crippen molar-refractivity contribution in [1.82, 2.24) is 0 Å². The molecular formula is C14H11BrF2N2O2. The van der Waals surface area contributed by atoms with E-state index in [1.54, 1.807) is 12.1 Å². The highest BCUT2D eigenvalue weighted by atomic mass is 79.9. The Morgan fingerprint density at radius 1 is 1.19 bits per heavy atom. The highest BCUT2D eigenvalue weighted by molar-refractivity contribution is 9.10. The zero-order chi connectivity index (χ0) is 15.4. The minimum absolute atomic E-state index is 0.0520. The average Bonchev–Trinajstić information content (AvgIpc) is 2.48. The number of nitrogens with two attached hydrogens (primary N) is 1. The molecule has 110 valence electrons.